The molecular formula is C16H16F3N5O3. The fourth-order valence-electron chi connectivity index (χ4n) is 3.02. The van der Waals surface area contributed by atoms with Gasteiger partial charge in [-0.2, -0.15) is 13.2 Å². The largest absolute Gasteiger partial charge is 0.481 e. The predicted molar refractivity (Wildman–Crippen MR) is 85.0 cm³/mol. The van der Waals surface area contributed by atoms with E-state index in [4.69, 9.17) is 5.11 Å². The first-order chi connectivity index (χ1) is 12.7. The van der Waals surface area contributed by atoms with Crippen LogP contribution in [0.1, 0.15) is 29.4 Å². The van der Waals surface area contributed by atoms with Crippen LogP contribution in [0.2, 0.25) is 0 Å². The summed E-state index contributed by atoms with van der Waals surface area (Å²) in [6, 6.07) is 2.00. The van der Waals surface area contributed by atoms with Gasteiger partial charge in [-0.15, -0.1) is 5.10 Å². The van der Waals surface area contributed by atoms with Gasteiger partial charge in [0.25, 0.3) is 5.91 Å². The summed E-state index contributed by atoms with van der Waals surface area (Å²) >= 11 is 0. The highest BCUT2D eigenvalue weighted by Gasteiger charge is 2.34. The summed E-state index contributed by atoms with van der Waals surface area (Å²) in [5.41, 5.74) is -0.879. The highest BCUT2D eigenvalue weighted by atomic mass is 19.4. The van der Waals surface area contributed by atoms with Gasteiger partial charge in [-0.05, 0) is 24.5 Å². The number of halogens is 3. The summed E-state index contributed by atoms with van der Waals surface area (Å²) in [5, 5.41) is 16.6. The number of piperidine rings is 1. The molecule has 2 aromatic rings. The monoisotopic (exact) mass is 383 g/mol. The van der Waals surface area contributed by atoms with E-state index in [1.807, 2.05) is 0 Å². The van der Waals surface area contributed by atoms with Crippen LogP contribution in [0, 0.1) is 11.8 Å². The van der Waals surface area contributed by atoms with Crippen molar-refractivity contribution in [2.45, 2.75) is 19.5 Å². The molecule has 27 heavy (non-hydrogen) atoms. The number of aliphatic carboxylic acids is 1. The molecule has 0 saturated carbocycles. The quantitative estimate of drug-likeness (QED) is 0.868. The molecule has 3 rings (SSSR count). The zero-order valence-corrected chi connectivity index (χ0v) is 14.2. The summed E-state index contributed by atoms with van der Waals surface area (Å²) in [7, 11) is 0. The van der Waals surface area contributed by atoms with Crippen molar-refractivity contribution in [2.75, 3.05) is 13.1 Å². The fourth-order valence-corrected chi connectivity index (χ4v) is 3.02. The first-order valence-corrected chi connectivity index (χ1v) is 8.15. The topological polar surface area (TPSA) is 101 Å². The molecular weight excluding hydrogens is 367 g/mol. The molecule has 2 atom stereocenters. The molecule has 2 unspecified atom stereocenters. The minimum absolute atomic E-state index is 0.0117. The lowest BCUT2D eigenvalue weighted by Gasteiger charge is -2.34. The average Bonchev–Trinajstić information content (AvgIpc) is 3.10. The number of rotatable bonds is 3. The Kier molecular flexibility index (Phi) is 4.85. The molecule has 0 spiro atoms. The maximum absolute atomic E-state index is 12.6. The number of likely N-dealkylation sites (tertiary alicyclic amines) is 1. The number of amides is 1. The van der Waals surface area contributed by atoms with Gasteiger partial charge >= 0.3 is 12.1 Å². The summed E-state index contributed by atoms with van der Waals surface area (Å²) in [6.07, 6.45) is -2.19. The van der Waals surface area contributed by atoms with Crippen molar-refractivity contribution in [2.24, 2.45) is 11.8 Å². The number of nitrogens with zero attached hydrogens (tertiary/aromatic N) is 5. The van der Waals surface area contributed by atoms with Gasteiger partial charge in [0, 0.05) is 19.3 Å². The van der Waals surface area contributed by atoms with E-state index in [9.17, 15) is 22.8 Å². The van der Waals surface area contributed by atoms with Gasteiger partial charge < -0.3 is 10.0 Å². The van der Waals surface area contributed by atoms with Crippen LogP contribution in [0.15, 0.2) is 24.5 Å². The van der Waals surface area contributed by atoms with E-state index in [1.54, 1.807) is 6.92 Å². The van der Waals surface area contributed by atoms with Gasteiger partial charge in [0.2, 0.25) is 0 Å². The average molecular weight is 383 g/mol. The Hall–Kier alpha value is -2.98. The Bertz CT molecular complexity index is 850. The maximum Gasteiger partial charge on any atom is 0.417 e. The van der Waals surface area contributed by atoms with Crippen LogP contribution in [0.4, 0.5) is 13.2 Å². The lowest BCUT2D eigenvalue weighted by Crippen LogP contribution is -2.45. The number of carboxylic acids is 1. The van der Waals surface area contributed by atoms with Crippen LogP contribution in [0.3, 0.4) is 0 Å². The molecule has 11 heteroatoms. The Morgan fingerprint density at radius 2 is 2.04 bits per heavy atom. The predicted octanol–water partition coefficient (Wildman–Crippen LogP) is 1.86. The number of hydrogen-bond donors (Lipinski definition) is 1. The molecule has 0 aliphatic carbocycles. The molecule has 0 radical (unpaired) electrons. The number of alkyl halides is 3. The number of pyridine rings is 1. The standard InChI is InChI=1S/C16H16F3N5O3/c1-9-7-23(5-4-11(9)15(26)27)14(25)12-8-24(22-21-12)13-3-2-10(6-20-13)16(17,18)19/h2-3,6,8-9,11H,4-5,7H2,1H3,(H,26,27). The fraction of sp³-hybridized carbons (Fsp3) is 0.438. The highest BCUT2D eigenvalue weighted by molar-refractivity contribution is 5.92. The SMILES string of the molecule is CC1CN(C(=O)c2cn(-c3ccc(C(F)(F)F)cn3)nn2)CCC1C(=O)O. The first kappa shape index (κ1) is 18.8. The first-order valence-electron chi connectivity index (χ1n) is 8.15. The van der Waals surface area contributed by atoms with E-state index in [2.05, 4.69) is 15.3 Å². The molecule has 1 fully saturated rings. The summed E-state index contributed by atoms with van der Waals surface area (Å²) in [4.78, 5) is 28.9. The molecule has 8 nitrogen and oxygen atoms in total. The van der Waals surface area contributed by atoms with E-state index >= 15 is 0 Å². The molecule has 144 valence electrons. The third kappa shape index (κ3) is 3.91. The molecule has 1 aliphatic heterocycles. The van der Waals surface area contributed by atoms with Gasteiger partial charge in [-0.1, -0.05) is 12.1 Å². The zero-order chi connectivity index (χ0) is 19.8. The van der Waals surface area contributed by atoms with Gasteiger partial charge in [0.1, 0.15) is 0 Å². The van der Waals surface area contributed by atoms with Crippen LogP contribution in [0.5, 0.6) is 0 Å². The van der Waals surface area contributed by atoms with Gasteiger partial charge in [0.15, 0.2) is 11.5 Å². The number of carboxylic acid groups (broad SMARTS) is 1. The van der Waals surface area contributed by atoms with Gasteiger partial charge in [-0.3, -0.25) is 9.59 Å². The van der Waals surface area contributed by atoms with Crippen LogP contribution in [-0.4, -0.2) is 55.0 Å². The van der Waals surface area contributed by atoms with Crippen molar-refractivity contribution in [1.29, 1.82) is 0 Å². The summed E-state index contributed by atoms with van der Waals surface area (Å²) < 4.78 is 38.9. The lowest BCUT2D eigenvalue weighted by atomic mass is 9.87. The second-order valence-corrected chi connectivity index (χ2v) is 6.41. The lowest BCUT2D eigenvalue weighted by molar-refractivity contribution is -0.145. The van der Waals surface area contributed by atoms with Crippen LogP contribution in [-0.2, 0) is 11.0 Å². The Balaban J connectivity index is 1.72. The normalized spacial score (nSPS) is 20.5. The molecule has 0 bridgehead atoms. The van der Waals surface area contributed by atoms with Crippen molar-refractivity contribution < 1.29 is 27.9 Å². The molecule has 3 heterocycles. The molecule has 1 N–H and O–H groups in total. The third-order valence-corrected chi connectivity index (χ3v) is 4.53. The third-order valence-electron chi connectivity index (χ3n) is 4.53. The van der Waals surface area contributed by atoms with E-state index < -0.39 is 29.5 Å². The minimum Gasteiger partial charge on any atom is -0.481 e. The van der Waals surface area contributed by atoms with E-state index in [1.165, 1.54) is 11.1 Å². The summed E-state index contributed by atoms with van der Waals surface area (Å²) in [6.45, 7) is 2.33. The van der Waals surface area contributed by atoms with Crippen molar-refractivity contribution in [1.82, 2.24) is 24.9 Å². The molecule has 1 amide bonds. The Morgan fingerprint density at radius 3 is 2.59 bits per heavy atom. The van der Waals surface area contributed by atoms with E-state index in [-0.39, 0.29) is 30.5 Å². The minimum atomic E-state index is -4.49. The van der Waals surface area contributed by atoms with Crippen molar-refractivity contribution in [3.05, 3.63) is 35.8 Å². The zero-order valence-electron chi connectivity index (χ0n) is 14.2. The molecule has 1 aliphatic rings. The Labute approximate surface area is 151 Å². The van der Waals surface area contributed by atoms with Crippen molar-refractivity contribution in [3.63, 3.8) is 0 Å². The molecule has 1 saturated heterocycles. The highest BCUT2D eigenvalue weighted by Crippen LogP contribution is 2.28. The molecule has 2 aromatic heterocycles. The van der Waals surface area contributed by atoms with E-state index in [0.29, 0.717) is 12.6 Å². The second kappa shape index (κ2) is 6.97. The Morgan fingerprint density at radius 1 is 1.30 bits per heavy atom. The van der Waals surface area contributed by atoms with Gasteiger partial charge in [-0.25, -0.2) is 9.67 Å². The number of carbonyl (C=O) groups is 2. The maximum atomic E-state index is 12.6. The van der Waals surface area contributed by atoms with E-state index in [0.717, 1.165) is 16.8 Å². The number of hydrogen-bond acceptors (Lipinski definition) is 5. The number of carbonyl (C=O) groups excluding carboxylic acids is 1. The van der Waals surface area contributed by atoms with Crippen molar-refractivity contribution in [3.8, 4) is 5.82 Å². The van der Waals surface area contributed by atoms with Gasteiger partial charge in [0.05, 0.1) is 17.7 Å². The summed E-state index contributed by atoms with van der Waals surface area (Å²) in [5.74, 6) is -1.90. The van der Waals surface area contributed by atoms with Crippen LogP contribution >= 0.6 is 0 Å². The molecule has 0 aromatic carbocycles. The smallest absolute Gasteiger partial charge is 0.417 e. The van der Waals surface area contributed by atoms with Crippen molar-refractivity contribution >= 4 is 11.9 Å². The second-order valence-electron chi connectivity index (χ2n) is 6.41. The van der Waals surface area contributed by atoms with Crippen LogP contribution in [0.25, 0.3) is 5.82 Å². The number of aromatic nitrogens is 4. The van der Waals surface area contributed by atoms with Crippen LogP contribution < -0.4 is 0 Å².